The topological polar surface area (TPSA) is 37.8 Å². The van der Waals surface area contributed by atoms with Gasteiger partial charge in [0.05, 0.1) is 0 Å². The van der Waals surface area contributed by atoms with E-state index < -0.39 is 0 Å². The van der Waals surface area contributed by atoms with Gasteiger partial charge in [-0.2, -0.15) is 0 Å². The van der Waals surface area contributed by atoms with Crippen LogP contribution in [0.3, 0.4) is 0 Å². The largest absolute Gasteiger partial charge is 0.314 e. The van der Waals surface area contributed by atoms with Crippen LogP contribution in [0.4, 0.5) is 0 Å². The third-order valence-corrected chi connectivity index (χ3v) is 4.78. The van der Waals surface area contributed by atoms with E-state index in [0.717, 1.165) is 22.2 Å². The van der Waals surface area contributed by atoms with Gasteiger partial charge in [0, 0.05) is 11.3 Å². The number of hydrogen-bond acceptors (Lipinski definition) is 5. The van der Waals surface area contributed by atoms with Crippen LogP contribution >= 0.6 is 23.1 Å². The van der Waals surface area contributed by atoms with E-state index >= 15 is 0 Å². The zero-order valence-corrected chi connectivity index (χ0v) is 10.6. The Morgan fingerprint density at radius 3 is 3.27 bits per heavy atom. The van der Waals surface area contributed by atoms with E-state index in [2.05, 4.69) is 22.4 Å². The van der Waals surface area contributed by atoms with Crippen LogP contribution in [0.1, 0.15) is 32.6 Å². The molecule has 84 valence electrons. The number of nitrogens with zero attached hydrogens (tertiary/aromatic N) is 2. The first-order valence-electron chi connectivity index (χ1n) is 5.54. The average Bonchev–Trinajstić information content (AvgIpc) is 2.87. The van der Waals surface area contributed by atoms with Crippen molar-refractivity contribution in [3.63, 3.8) is 0 Å². The number of rotatable bonds is 5. The maximum absolute atomic E-state index is 4.08. The maximum Gasteiger partial charge on any atom is 0.174 e. The normalized spacial score (nSPS) is 25.9. The second-order valence-electron chi connectivity index (χ2n) is 3.91. The monoisotopic (exact) mass is 243 g/mol. The Morgan fingerprint density at radius 2 is 2.53 bits per heavy atom. The van der Waals surface area contributed by atoms with Crippen LogP contribution in [-0.2, 0) is 0 Å². The van der Waals surface area contributed by atoms with Crippen molar-refractivity contribution in [2.24, 2.45) is 0 Å². The first kappa shape index (κ1) is 11.4. The molecule has 0 radical (unpaired) electrons. The molecule has 3 nitrogen and oxygen atoms in total. The first-order chi connectivity index (χ1) is 7.38. The van der Waals surface area contributed by atoms with E-state index in [0.29, 0.717) is 0 Å². The molecule has 2 atom stereocenters. The standard InChI is InChI=1S/C10H17N3S2/c1-2-5-11-8-3-4-9(6-8)15-10-13-12-7-14-10/h7-9,11H,2-6H2,1H3. The molecule has 1 saturated carbocycles. The molecule has 0 amide bonds. The molecule has 1 fully saturated rings. The second kappa shape index (κ2) is 5.82. The quantitative estimate of drug-likeness (QED) is 0.862. The fourth-order valence-corrected chi connectivity index (χ4v) is 3.94. The lowest BCUT2D eigenvalue weighted by molar-refractivity contribution is 0.524. The van der Waals surface area contributed by atoms with Gasteiger partial charge >= 0.3 is 0 Å². The summed E-state index contributed by atoms with van der Waals surface area (Å²) in [6, 6.07) is 0.732. The van der Waals surface area contributed by atoms with E-state index in [-0.39, 0.29) is 0 Å². The Balaban J connectivity index is 1.73. The van der Waals surface area contributed by atoms with Gasteiger partial charge in [-0.3, -0.25) is 0 Å². The molecule has 1 aliphatic rings. The predicted molar refractivity (Wildman–Crippen MR) is 65.5 cm³/mol. The SMILES string of the molecule is CCCNC1CCC(Sc2nncs2)C1. The van der Waals surface area contributed by atoms with Crippen LogP contribution in [0.25, 0.3) is 0 Å². The predicted octanol–water partition coefficient (Wildman–Crippen LogP) is 2.55. The van der Waals surface area contributed by atoms with Crippen molar-refractivity contribution in [1.29, 1.82) is 0 Å². The van der Waals surface area contributed by atoms with Gasteiger partial charge in [0.25, 0.3) is 0 Å². The second-order valence-corrected chi connectivity index (χ2v) is 6.29. The fourth-order valence-electron chi connectivity index (χ4n) is 1.94. The number of thioether (sulfide) groups is 1. The Kier molecular flexibility index (Phi) is 4.41. The molecule has 5 heteroatoms. The van der Waals surface area contributed by atoms with E-state index in [1.165, 1.54) is 25.7 Å². The summed E-state index contributed by atoms with van der Waals surface area (Å²) in [5.41, 5.74) is 1.81. The molecule has 0 aromatic carbocycles. The van der Waals surface area contributed by atoms with Crippen molar-refractivity contribution in [2.75, 3.05) is 6.54 Å². The van der Waals surface area contributed by atoms with Gasteiger partial charge in [-0.1, -0.05) is 30.0 Å². The smallest absolute Gasteiger partial charge is 0.174 e. The van der Waals surface area contributed by atoms with Gasteiger partial charge in [0.1, 0.15) is 5.51 Å². The molecule has 0 bridgehead atoms. The molecule has 1 aromatic rings. The molecule has 2 rings (SSSR count). The lowest BCUT2D eigenvalue weighted by Gasteiger charge is -2.11. The third-order valence-electron chi connectivity index (χ3n) is 2.68. The highest BCUT2D eigenvalue weighted by atomic mass is 32.2. The molecular formula is C10H17N3S2. The molecule has 15 heavy (non-hydrogen) atoms. The van der Waals surface area contributed by atoms with E-state index in [1.54, 1.807) is 11.3 Å². The molecule has 2 unspecified atom stereocenters. The van der Waals surface area contributed by atoms with Crippen molar-refractivity contribution < 1.29 is 0 Å². The first-order valence-corrected chi connectivity index (χ1v) is 7.30. The van der Waals surface area contributed by atoms with Gasteiger partial charge in [-0.15, -0.1) is 10.2 Å². The van der Waals surface area contributed by atoms with Crippen molar-refractivity contribution >= 4 is 23.1 Å². The summed E-state index contributed by atoms with van der Waals surface area (Å²) in [7, 11) is 0. The minimum Gasteiger partial charge on any atom is -0.314 e. The fraction of sp³-hybridized carbons (Fsp3) is 0.800. The van der Waals surface area contributed by atoms with Crippen LogP contribution < -0.4 is 5.32 Å². The highest BCUT2D eigenvalue weighted by Crippen LogP contribution is 2.35. The summed E-state index contributed by atoms with van der Waals surface area (Å²) >= 11 is 3.55. The van der Waals surface area contributed by atoms with Crippen molar-refractivity contribution in [1.82, 2.24) is 15.5 Å². The molecular weight excluding hydrogens is 226 g/mol. The van der Waals surface area contributed by atoms with Crippen LogP contribution in [0, 0.1) is 0 Å². The van der Waals surface area contributed by atoms with Gasteiger partial charge in [0.2, 0.25) is 0 Å². The van der Waals surface area contributed by atoms with E-state index in [9.17, 15) is 0 Å². The third kappa shape index (κ3) is 3.43. The summed E-state index contributed by atoms with van der Waals surface area (Å²) in [6.07, 6.45) is 5.14. The molecule has 1 aliphatic carbocycles. The summed E-state index contributed by atoms with van der Waals surface area (Å²) in [5.74, 6) is 0. The summed E-state index contributed by atoms with van der Waals surface area (Å²) in [5, 5.41) is 12.3. The van der Waals surface area contributed by atoms with Gasteiger partial charge < -0.3 is 5.32 Å². The van der Waals surface area contributed by atoms with Gasteiger partial charge in [0.15, 0.2) is 4.34 Å². The lowest BCUT2D eigenvalue weighted by Crippen LogP contribution is -2.27. The number of nitrogens with one attached hydrogen (secondary N) is 1. The highest BCUT2D eigenvalue weighted by molar-refractivity contribution is 8.01. The van der Waals surface area contributed by atoms with Crippen LogP contribution in [0.5, 0.6) is 0 Å². The van der Waals surface area contributed by atoms with Crippen molar-refractivity contribution in [3.05, 3.63) is 5.51 Å². The minimum atomic E-state index is 0.732. The molecule has 0 spiro atoms. The van der Waals surface area contributed by atoms with E-state index in [1.807, 2.05) is 17.3 Å². The van der Waals surface area contributed by atoms with Crippen LogP contribution in [0.2, 0.25) is 0 Å². The summed E-state index contributed by atoms with van der Waals surface area (Å²) in [6.45, 7) is 3.37. The molecule has 0 saturated heterocycles. The molecule has 0 aliphatic heterocycles. The number of hydrogen-bond donors (Lipinski definition) is 1. The van der Waals surface area contributed by atoms with Crippen LogP contribution in [-0.4, -0.2) is 28.0 Å². The Bertz CT molecular complexity index is 276. The van der Waals surface area contributed by atoms with Crippen molar-refractivity contribution in [2.45, 2.75) is 48.2 Å². The molecule has 1 heterocycles. The Hall–Kier alpha value is -0.130. The van der Waals surface area contributed by atoms with Crippen LogP contribution in [0.15, 0.2) is 9.85 Å². The minimum absolute atomic E-state index is 0.732. The zero-order chi connectivity index (χ0) is 10.5. The van der Waals surface area contributed by atoms with Crippen molar-refractivity contribution in [3.8, 4) is 0 Å². The summed E-state index contributed by atoms with van der Waals surface area (Å²) < 4.78 is 1.12. The van der Waals surface area contributed by atoms with Gasteiger partial charge in [-0.05, 0) is 32.2 Å². The van der Waals surface area contributed by atoms with E-state index in [4.69, 9.17) is 0 Å². The maximum atomic E-state index is 4.08. The zero-order valence-electron chi connectivity index (χ0n) is 8.98. The van der Waals surface area contributed by atoms with Gasteiger partial charge in [-0.25, -0.2) is 0 Å². The Morgan fingerprint density at radius 1 is 1.60 bits per heavy atom. The highest BCUT2D eigenvalue weighted by Gasteiger charge is 2.25. The molecule has 1 N–H and O–H groups in total. The summed E-state index contributed by atoms with van der Waals surface area (Å²) in [4.78, 5) is 0. The Labute approximate surface area is 99.1 Å². The molecule has 1 aromatic heterocycles. The lowest BCUT2D eigenvalue weighted by atomic mass is 10.2. The average molecular weight is 243 g/mol. The number of aromatic nitrogens is 2.